The van der Waals surface area contributed by atoms with Crippen LogP contribution in [0.3, 0.4) is 0 Å². The number of hydrogen-bond donors (Lipinski definition) is 9. The van der Waals surface area contributed by atoms with Crippen molar-refractivity contribution < 1.29 is 112 Å². The summed E-state index contributed by atoms with van der Waals surface area (Å²) < 4.78 is 41.2. The van der Waals surface area contributed by atoms with E-state index in [9.17, 15) is 73.5 Å². The van der Waals surface area contributed by atoms with Crippen LogP contribution in [0.4, 0.5) is 0 Å². The van der Waals surface area contributed by atoms with Gasteiger partial charge in [0.25, 0.3) is 11.7 Å². The average molecular weight is 1380 g/mol. The number of aliphatic hydroxyl groups is 5. The molecule has 542 valence electrons. The highest BCUT2D eigenvalue weighted by Gasteiger charge is 2.53. The Labute approximate surface area is 567 Å². The molecule has 28 heteroatoms. The van der Waals surface area contributed by atoms with Crippen LogP contribution in [0, 0.1) is 40.9 Å². The smallest absolute Gasteiger partial charge is 0.329 e. The lowest BCUT2D eigenvalue weighted by atomic mass is 9.78. The van der Waals surface area contributed by atoms with Crippen molar-refractivity contribution in [3.05, 3.63) is 47.6 Å². The molecule has 3 aliphatic heterocycles. The molecule has 0 aromatic rings. The molecule has 3 fully saturated rings. The van der Waals surface area contributed by atoms with Gasteiger partial charge in [-0.3, -0.25) is 43.2 Å². The van der Waals surface area contributed by atoms with Gasteiger partial charge in [0.2, 0.25) is 17.6 Å². The summed E-state index contributed by atoms with van der Waals surface area (Å²) in [4.78, 5) is 137. The molecule has 10 N–H and O–H groups in total. The maximum atomic E-state index is 14.7. The highest BCUT2D eigenvalue weighted by molar-refractivity contribution is 8.00. The predicted octanol–water partition coefficient (Wildman–Crippen LogP) is 3.11. The normalized spacial score (nSPS) is 31.4. The van der Waals surface area contributed by atoms with Gasteiger partial charge in [0, 0.05) is 70.6 Å². The Hall–Kier alpha value is -5.79. The molecule has 1 aliphatic carbocycles. The van der Waals surface area contributed by atoms with E-state index in [1.54, 1.807) is 40.9 Å². The summed E-state index contributed by atoms with van der Waals surface area (Å²) >= 11 is 0.833. The Bertz CT molecular complexity index is 2780. The van der Waals surface area contributed by atoms with E-state index in [-0.39, 0.29) is 74.2 Å². The number of fused-ring (bicyclic) bond motifs is 3. The number of nitrogens with one attached hydrogen (secondary N) is 2. The molecule has 4 aliphatic rings. The third-order valence-corrected chi connectivity index (χ3v) is 19.8. The van der Waals surface area contributed by atoms with Gasteiger partial charge in [-0.1, -0.05) is 71.1 Å². The van der Waals surface area contributed by atoms with E-state index in [0.717, 1.165) is 22.2 Å². The number of rotatable bonds is 23. The Morgan fingerprint density at radius 1 is 0.896 bits per heavy atom. The first kappa shape index (κ1) is 82.6. The summed E-state index contributed by atoms with van der Waals surface area (Å²) in [6.07, 6.45) is 5.61. The van der Waals surface area contributed by atoms with Gasteiger partial charge < -0.3 is 85.1 Å². The topological polar surface area (TPSA) is 410 Å². The number of ether oxygens (including phenoxy) is 7. The van der Waals surface area contributed by atoms with Gasteiger partial charge in [0.15, 0.2) is 12.1 Å². The molecule has 3 amide bonds. The number of carbonyl (C=O) groups excluding carboxylic acids is 9. The van der Waals surface area contributed by atoms with Crippen LogP contribution in [-0.4, -0.2) is 227 Å². The first-order chi connectivity index (χ1) is 45.2. The Kier molecular flexibility index (Phi) is 34.2. The zero-order chi connectivity index (χ0) is 71.8. The molecule has 0 spiro atoms. The van der Waals surface area contributed by atoms with Crippen LogP contribution in [0.15, 0.2) is 47.6 Å². The zero-order valence-electron chi connectivity index (χ0n) is 57.5. The standard InChI is InChI=1S/C68H106N4O23S/c1-38-17-13-12-14-18-39(2)52(89-9)31-46-22-20-44(7)68(88,95-46)61(81)63(83)72-26-16-15-19-49(72)65(86)93-53(32-50(74)40(3)28-43(6)59(80)60(91-11)58(79)42(5)27-38)41(4)29-45-21-24-51(54(30-45)90-10)94-66(87)67(8,36-73)37-92-57(78)35-96-34-48(62(82)70-33-56(76)77)71-55(75)25-23-47(69)64(84)85/h12-14,17-18,28,38,40-42,44-49,51-54,59-60,64,73,80,84-85,88H,15-16,19-27,29-37,69H2,1-11H3,(H,70,82)(H,71,75)(H,76,77)/b14-12?,17-13+,39-18?,43-28+/t38-,40-,41-,42-,44-,45+,46+,47+,48+,49+,51-,52+,53+,54-,59-,60+,67?,68-/m1/s1. The van der Waals surface area contributed by atoms with Crippen molar-refractivity contribution in [1.29, 1.82) is 0 Å². The highest BCUT2D eigenvalue weighted by atomic mass is 32.2. The van der Waals surface area contributed by atoms with Crippen LogP contribution in [0.2, 0.25) is 0 Å². The SMILES string of the molecule is CO[C@H]1C[C@@H]2CC[C@@H](C)[C@@](O)(O2)C(=O)C(=O)N2CCCC[C@H]2C(=O)O[C@H]([C@H](C)C[C@@H]2CC[C@@H](OC(=O)C(C)(CO)COC(=O)CSC[C@H](NC(=O)CC[C@H](N)C(O)O)C(=O)NCC(=O)O)[C@H](OC)C2)CC(=O)[C@H](C)/C=C(\C)[C@@H](O)[C@@H](OC)C(=O)[C@H](C)C[C@H](C)/C=C/C=CC=C1C. The number of piperidine rings is 1. The molecule has 1 saturated carbocycles. The van der Waals surface area contributed by atoms with Gasteiger partial charge in [-0.05, 0) is 120 Å². The minimum Gasteiger partial charge on any atom is -0.480 e. The molecule has 1 unspecified atom stereocenters. The lowest BCUT2D eigenvalue weighted by molar-refractivity contribution is -0.265. The number of carbonyl (C=O) groups is 10. The van der Waals surface area contributed by atoms with Gasteiger partial charge in [0.1, 0.15) is 60.8 Å². The number of carboxylic acid groups (broad SMARTS) is 1. The molecule has 0 aromatic carbocycles. The van der Waals surface area contributed by atoms with Gasteiger partial charge in [-0.25, -0.2) is 4.79 Å². The van der Waals surface area contributed by atoms with E-state index in [1.165, 1.54) is 21.1 Å². The molecule has 0 aromatic heterocycles. The number of carboxylic acids is 1. The number of ketones is 3. The highest BCUT2D eigenvalue weighted by Crippen LogP contribution is 2.39. The van der Waals surface area contributed by atoms with Crippen LogP contribution >= 0.6 is 11.8 Å². The number of cyclic esters (lactones) is 1. The maximum Gasteiger partial charge on any atom is 0.329 e. The quantitative estimate of drug-likeness (QED) is 0.0233. The number of thioether (sulfide) groups is 1. The van der Waals surface area contributed by atoms with Crippen molar-refractivity contribution in [2.75, 3.05) is 59.1 Å². The number of aliphatic carboxylic acids is 1. The fourth-order valence-electron chi connectivity index (χ4n) is 12.4. The van der Waals surface area contributed by atoms with Crippen molar-refractivity contribution in [3.63, 3.8) is 0 Å². The number of Topliss-reactive ketones (excluding diaryl/α,β-unsaturated/α-hetero) is 3. The molecule has 4 rings (SSSR count). The number of esters is 3. The van der Waals surface area contributed by atoms with E-state index in [1.807, 2.05) is 51.2 Å². The van der Waals surface area contributed by atoms with Gasteiger partial charge >= 0.3 is 23.9 Å². The molecule has 3 heterocycles. The van der Waals surface area contributed by atoms with Crippen molar-refractivity contribution in [1.82, 2.24) is 15.5 Å². The molecule has 2 saturated heterocycles. The Morgan fingerprint density at radius 3 is 2.25 bits per heavy atom. The summed E-state index contributed by atoms with van der Waals surface area (Å²) in [5.74, 6) is -14.8. The monoisotopic (exact) mass is 1380 g/mol. The fourth-order valence-corrected chi connectivity index (χ4v) is 13.2. The Morgan fingerprint density at radius 2 is 1.60 bits per heavy atom. The molecule has 18 atom stereocenters. The van der Waals surface area contributed by atoms with Crippen molar-refractivity contribution in [2.45, 2.75) is 218 Å². The second kappa shape index (κ2) is 39.7. The lowest BCUT2D eigenvalue weighted by Gasteiger charge is -2.42. The molecule has 96 heavy (non-hydrogen) atoms. The van der Waals surface area contributed by atoms with Crippen LogP contribution in [-0.2, 0) is 81.1 Å². The Balaban J connectivity index is 1.55. The van der Waals surface area contributed by atoms with E-state index >= 15 is 0 Å². The number of nitrogens with zero attached hydrogens (tertiary/aromatic N) is 1. The minimum atomic E-state index is -2.53. The third-order valence-electron chi connectivity index (χ3n) is 18.8. The fraction of sp³-hybridized carbons (Fsp3) is 0.735. The number of aliphatic hydroxyl groups excluding tert-OH is 3. The second-order valence-electron chi connectivity index (χ2n) is 26.7. The molecule has 0 radical (unpaired) electrons. The van der Waals surface area contributed by atoms with Gasteiger partial charge in [-0.2, -0.15) is 0 Å². The van der Waals surface area contributed by atoms with Crippen molar-refractivity contribution in [2.24, 2.45) is 46.7 Å². The number of amides is 3. The predicted molar refractivity (Wildman–Crippen MR) is 350 cm³/mol. The van der Waals surface area contributed by atoms with Crippen molar-refractivity contribution >= 4 is 70.7 Å². The summed E-state index contributed by atoms with van der Waals surface area (Å²) in [6, 6.07) is -3.77. The van der Waals surface area contributed by atoms with Crippen LogP contribution < -0.4 is 16.4 Å². The van der Waals surface area contributed by atoms with E-state index in [4.69, 9.17) is 44.0 Å². The largest absolute Gasteiger partial charge is 0.480 e. The summed E-state index contributed by atoms with van der Waals surface area (Å²) in [6.45, 7) is 11.4. The molecule has 27 nitrogen and oxygen atoms in total. The second-order valence-corrected chi connectivity index (χ2v) is 27.7. The van der Waals surface area contributed by atoms with Crippen LogP contribution in [0.25, 0.3) is 0 Å². The van der Waals surface area contributed by atoms with E-state index in [0.29, 0.717) is 56.9 Å². The van der Waals surface area contributed by atoms with E-state index in [2.05, 4.69) is 10.6 Å². The summed E-state index contributed by atoms with van der Waals surface area (Å²) in [7, 11) is 4.31. The summed E-state index contributed by atoms with van der Waals surface area (Å²) in [5, 5.41) is 66.3. The first-order valence-corrected chi connectivity index (χ1v) is 34.3. The van der Waals surface area contributed by atoms with Gasteiger partial charge in [-0.15, -0.1) is 11.8 Å². The number of methoxy groups -OCH3 is 3. The molecular formula is C68H106N4O23S. The van der Waals surface area contributed by atoms with E-state index < -0.39 is 175 Å². The van der Waals surface area contributed by atoms with Crippen LogP contribution in [0.1, 0.15) is 145 Å². The first-order valence-electron chi connectivity index (χ1n) is 33.2. The molecule has 2 bridgehead atoms. The number of allylic oxidation sites excluding steroid dienone is 6. The van der Waals surface area contributed by atoms with Crippen molar-refractivity contribution in [3.8, 4) is 0 Å². The number of hydrogen-bond acceptors (Lipinski definition) is 24. The average Bonchev–Trinajstić information content (AvgIpc) is 0.775. The minimum absolute atomic E-state index is 0.0120. The zero-order valence-corrected chi connectivity index (χ0v) is 58.3. The van der Waals surface area contributed by atoms with Gasteiger partial charge in [0.05, 0.1) is 36.7 Å². The van der Waals surface area contributed by atoms with Crippen LogP contribution in [0.5, 0.6) is 0 Å². The number of nitrogens with two attached hydrogens (primary N) is 1. The lowest BCUT2D eigenvalue weighted by Crippen LogP contribution is -2.61. The maximum absolute atomic E-state index is 14.7. The third kappa shape index (κ3) is 24.6. The molecular weight excluding hydrogens is 1270 g/mol. The summed E-state index contributed by atoms with van der Waals surface area (Å²) in [5.41, 5.74) is 4.93.